The highest BCUT2D eigenvalue weighted by molar-refractivity contribution is 6.31. The second kappa shape index (κ2) is 7.04. The van der Waals surface area contributed by atoms with E-state index in [9.17, 15) is 14.3 Å². The quantitative estimate of drug-likeness (QED) is 0.723. The standard InChI is InChI=1S/C20H17ClFN3O2/c21-16-5-2-6-17(22)14(16)8-19(27)25-9-15(12-3-1-4-13(26)7-12)20-18(10-25)23-11-24-20/h1-7,11,15,26H,8-10H2,(H,23,24). The van der Waals surface area contributed by atoms with E-state index in [0.29, 0.717) is 13.1 Å². The molecule has 138 valence electrons. The van der Waals surface area contributed by atoms with Crippen LogP contribution in [-0.2, 0) is 17.8 Å². The van der Waals surface area contributed by atoms with Crippen molar-refractivity contribution in [2.24, 2.45) is 0 Å². The molecule has 1 aromatic heterocycles. The number of phenols is 1. The Bertz CT molecular complexity index is 984. The van der Waals surface area contributed by atoms with E-state index in [0.717, 1.165) is 17.0 Å². The molecule has 0 radical (unpaired) electrons. The molecular weight excluding hydrogens is 369 g/mol. The molecule has 4 rings (SSSR count). The number of hydrogen-bond donors (Lipinski definition) is 2. The van der Waals surface area contributed by atoms with Gasteiger partial charge in [-0.05, 0) is 29.8 Å². The number of fused-ring (bicyclic) bond motifs is 1. The van der Waals surface area contributed by atoms with Crippen LogP contribution in [0.15, 0.2) is 48.8 Å². The molecule has 0 aliphatic carbocycles. The fraction of sp³-hybridized carbons (Fsp3) is 0.200. The van der Waals surface area contributed by atoms with Gasteiger partial charge in [-0.3, -0.25) is 4.79 Å². The number of benzene rings is 2. The Labute approximate surface area is 160 Å². The Morgan fingerprint density at radius 3 is 2.93 bits per heavy atom. The number of phenolic OH excluding ortho intramolecular Hbond substituents is 1. The minimum Gasteiger partial charge on any atom is -0.508 e. The minimum absolute atomic E-state index is 0.109. The first-order valence-corrected chi connectivity index (χ1v) is 8.92. The average molecular weight is 386 g/mol. The van der Waals surface area contributed by atoms with Crippen molar-refractivity contribution >= 4 is 17.5 Å². The van der Waals surface area contributed by atoms with Crippen molar-refractivity contribution in [2.45, 2.75) is 18.9 Å². The van der Waals surface area contributed by atoms with Crippen LogP contribution in [0.2, 0.25) is 5.02 Å². The molecule has 1 aliphatic heterocycles. The molecule has 0 fully saturated rings. The third-order valence-corrected chi connectivity index (χ3v) is 5.20. The van der Waals surface area contributed by atoms with Crippen molar-refractivity contribution < 1.29 is 14.3 Å². The second-order valence-corrected chi connectivity index (χ2v) is 6.97. The third kappa shape index (κ3) is 3.40. The van der Waals surface area contributed by atoms with Crippen LogP contribution in [-0.4, -0.2) is 32.4 Å². The van der Waals surface area contributed by atoms with E-state index in [1.54, 1.807) is 35.5 Å². The number of carbonyl (C=O) groups is 1. The molecule has 3 aromatic rings. The smallest absolute Gasteiger partial charge is 0.227 e. The van der Waals surface area contributed by atoms with Gasteiger partial charge in [0.15, 0.2) is 0 Å². The summed E-state index contributed by atoms with van der Waals surface area (Å²) < 4.78 is 14.1. The molecule has 1 aliphatic rings. The van der Waals surface area contributed by atoms with Gasteiger partial charge in [0, 0.05) is 23.0 Å². The minimum atomic E-state index is -0.486. The van der Waals surface area contributed by atoms with E-state index in [1.165, 1.54) is 12.1 Å². The van der Waals surface area contributed by atoms with Gasteiger partial charge in [0.2, 0.25) is 5.91 Å². The largest absolute Gasteiger partial charge is 0.508 e. The van der Waals surface area contributed by atoms with Gasteiger partial charge in [-0.25, -0.2) is 9.37 Å². The number of aromatic nitrogens is 2. The summed E-state index contributed by atoms with van der Waals surface area (Å²) in [6, 6.07) is 11.3. The Balaban J connectivity index is 1.62. The predicted molar refractivity (Wildman–Crippen MR) is 99.1 cm³/mol. The molecule has 0 saturated heterocycles. The second-order valence-electron chi connectivity index (χ2n) is 6.57. The molecule has 27 heavy (non-hydrogen) atoms. The van der Waals surface area contributed by atoms with Crippen LogP contribution in [0, 0.1) is 5.82 Å². The van der Waals surface area contributed by atoms with E-state index in [-0.39, 0.29) is 34.6 Å². The third-order valence-electron chi connectivity index (χ3n) is 4.85. The fourth-order valence-corrected chi connectivity index (χ4v) is 3.71. The van der Waals surface area contributed by atoms with Crippen LogP contribution in [0.4, 0.5) is 4.39 Å². The monoisotopic (exact) mass is 385 g/mol. The number of nitrogens with one attached hydrogen (secondary N) is 1. The number of hydrogen-bond acceptors (Lipinski definition) is 3. The van der Waals surface area contributed by atoms with Crippen molar-refractivity contribution in [2.75, 3.05) is 6.54 Å². The van der Waals surface area contributed by atoms with E-state index < -0.39 is 5.82 Å². The maximum atomic E-state index is 14.1. The van der Waals surface area contributed by atoms with Crippen LogP contribution >= 0.6 is 11.6 Å². The highest BCUT2D eigenvalue weighted by Crippen LogP contribution is 2.33. The number of amides is 1. The van der Waals surface area contributed by atoms with Crippen LogP contribution in [0.1, 0.15) is 28.4 Å². The van der Waals surface area contributed by atoms with Crippen LogP contribution < -0.4 is 0 Å². The topological polar surface area (TPSA) is 69.2 Å². The molecule has 2 N–H and O–H groups in total. The molecule has 0 spiro atoms. The summed E-state index contributed by atoms with van der Waals surface area (Å²) in [5.74, 6) is -0.717. The molecule has 0 bridgehead atoms. The highest BCUT2D eigenvalue weighted by atomic mass is 35.5. The number of nitrogens with zero attached hydrogens (tertiary/aromatic N) is 2. The number of rotatable bonds is 3. The van der Waals surface area contributed by atoms with Crippen LogP contribution in [0.3, 0.4) is 0 Å². The maximum Gasteiger partial charge on any atom is 0.227 e. The lowest BCUT2D eigenvalue weighted by molar-refractivity contribution is -0.131. The lowest BCUT2D eigenvalue weighted by Gasteiger charge is -2.32. The summed E-state index contributed by atoms with van der Waals surface area (Å²) in [7, 11) is 0. The molecule has 1 amide bonds. The van der Waals surface area contributed by atoms with Gasteiger partial charge in [-0.2, -0.15) is 0 Å². The van der Waals surface area contributed by atoms with Crippen molar-refractivity contribution in [1.82, 2.24) is 14.9 Å². The Hall–Kier alpha value is -2.86. The van der Waals surface area contributed by atoms with Gasteiger partial charge in [0.05, 0.1) is 30.7 Å². The molecule has 7 heteroatoms. The number of aromatic hydroxyl groups is 1. The molecule has 5 nitrogen and oxygen atoms in total. The molecule has 2 aromatic carbocycles. The summed E-state index contributed by atoms with van der Waals surface area (Å²) in [6.45, 7) is 0.766. The molecule has 2 heterocycles. The normalized spacial score (nSPS) is 16.2. The van der Waals surface area contributed by atoms with Gasteiger partial charge in [-0.15, -0.1) is 0 Å². The van der Waals surface area contributed by atoms with E-state index in [2.05, 4.69) is 9.97 Å². The van der Waals surface area contributed by atoms with Gasteiger partial charge in [-0.1, -0.05) is 29.8 Å². The predicted octanol–water partition coefficient (Wildman–Crippen LogP) is 3.62. The summed E-state index contributed by atoms with van der Waals surface area (Å²) in [5.41, 5.74) is 2.76. The lowest BCUT2D eigenvalue weighted by atomic mass is 9.90. The highest BCUT2D eigenvalue weighted by Gasteiger charge is 2.32. The summed E-state index contributed by atoms with van der Waals surface area (Å²) in [6.07, 6.45) is 1.49. The van der Waals surface area contributed by atoms with Crippen LogP contribution in [0.25, 0.3) is 0 Å². The number of halogens is 2. The van der Waals surface area contributed by atoms with Gasteiger partial charge in [0.25, 0.3) is 0 Å². The van der Waals surface area contributed by atoms with Crippen molar-refractivity contribution in [3.8, 4) is 5.75 Å². The first-order chi connectivity index (χ1) is 13.0. The average Bonchev–Trinajstić information content (AvgIpc) is 3.12. The van der Waals surface area contributed by atoms with E-state index in [1.807, 2.05) is 6.07 Å². The summed E-state index contributed by atoms with van der Waals surface area (Å²) in [5, 5.41) is 10.1. The Morgan fingerprint density at radius 2 is 2.15 bits per heavy atom. The van der Waals surface area contributed by atoms with Gasteiger partial charge in [0.1, 0.15) is 11.6 Å². The van der Waals surface area contributed by atoms with Gasteiger partial charge >= 0.3 is 0 Å². The number of carbonyl (C=O) groups excluding carboxylic acids is 1. The molecule has 0 saturated carbocycles. The first-order valence-electron chi connectivity index (χ1n) is 8.54. The maximum absolute atomic E-state index is 14.1. The fourth-order valence-electron chi connectivity index (χ4n) is 3.48. The van der Waals surface area contributed by atoms with E-state index >= 15 is 0 Å². The zero-order valence-corrected chi connectivity index (χ0v) is 15.1. The number of H-pyrrole nitrogens is 1. The zero-order chi connectivity index (χ0) is 19.0. The molecular formula is C20H17ClFN3O2. The van der Waals surface area contributed by atoms with Crippen molar-refractivity contribution in [1.29, 1.82) is 0 Å². The van der Waals surface area contributed by atoms with E-state index in [4.69, 9.17) is 11.6 Å². The summed E-state index contributed by atoms with van der Waals surface area (Å²) >= 11 is 6.06. The van der Waals surface area contributed by atoms with Gasteiger partial charge < -0.3 is 15.0 Å². The summed E-state index contributed by atoms with van der Waals surface area (Å²) in [4.78, 5) is 22.0. The number of imidazole rings is 1. The molecule has 1 atom stereocenters. The number of aromatic amines is 1. The molecule has 1 unspecified atom stereocenters. The first kappa shape index (κ1) is 17.5. The van der Waals surface area contributed by atoms with Crippen LogP contribution in [0.5, 0.6) is 5.75 Å². The Kier molecular flexibility index (Phi) is 4.58. The SMILES string of the molecule is O=C(Cc1c(F)cccc1Cl)N1Cc2[nH]cnc2C(c2cccc(O)c2)C1. The van der Waals surface area contributed by atoms with Crippen molar-refractivity contribution in [3.63, 3.8) is 0 Å². The zero-order valence-electron chi connectivity index (χ0n) is 14.3. The van der Waals surface area contributed by atoms with Crippen molar-refractivity contribution in [3.05, 3.63) is 82.1 Å². The Morgan fingerprint density at radius 1 is 1.33 bits per heavy atom. The lowest BCUT2D eigenvalue weighted by Crippen LogP contribution is -2.39.